The molecule has 1 saturated carbocycles. The maximum absolute atomic E-state index is 14.0. The van der Waals surface area contributed by atoms with Crippen LogP contribution in [-0.2, 0) is 16.0 Å². The largest absolute Gasteiger partial charge is 0.382 e. The first-order valence-electron chi connectivity index (χ1n) is 12.2. The van der Waals surface area contributed by atoms with Crippen LogP contribution in [0.4, 0.5) is 0 Å². The van der Waals surface area contributed by atoms with E-state index in [-0.39, 0.29) is 29.9 Å². The number of rotatable bonds is 4. The number of hydrogen-bond donors (Lipinski definition) is 2. The van der Waals surface area contributed by atoms with Crippen molar-refractivity contribution in [3.8, 4) is 0 Å². The fraction of sp³-hybridized carbons (Fsp3) is 0.370. The van der Waals surface area contributed by atoms with E-state index in [0.717, 1.165) is 48.0 Å². The van der Waals surface area contributed by atoms with Gasteiger partial charge in [0.15, 0.2) is 0 Å². The number of thiophene rings is 1. The van der Waals surface area contributed by atoms with Gasteiger partial charge in [0.25, 0.3) is 5.91 Å². The maximum Gasteiger partial charge on any atom is 0.251 e. The van der Waals surface area contributed by atoms with E-state index in [2.05, 4.69) is 38.0 Å². The third-order valence-corrected chi connectivity index (χ3v) is 8.39. The molecule has 0 spiro atoms. The van der Waals surface area contributed by atoms with Crippen molar-refractivity contribution in [2.75, 3.05) is 6.54 Å². The van der Waals surface area contributed by atoms with Gasteiger partial charge in [0, 0.05) is 34.8 Å². The van der Waals surface area contributed by atoms with E-state index >= 15 is 0 Å². The van der Waals surface area contributed by atoms with E-state index in [0.29, 0.717) is 25.0 Å². The van der Waals surface area contributed by atoms with Crippen LogP contribution in [0, 0.1) is 0 Å². The van der Waals surface area contributed by atoms with Crippen molar-refractivity contribution in [3.05, 3.63) is 76.6 Å². The fourth-order valence-electron chi connectivity index (χ4n) is 5.84. The Labute approximate surface area is 203 Å². The third-order valence-electron chi connectivity index (χ3n) is 7.41. The molecule has 2 aliphatic heterocycles. The van der Waals surface area contributed by atoms with Crippen molar-refractivity contribution >= 4 is 33.2 Å². The van der Waals surface area contributed by atoms with Crippen LogP contribution in [0.3, 0.4) is 0 Å². The number of amides is 2. The van der Waals surface area contributed by atoms with Crippen LogP contribution in [0.25, 0.3) is 10.1 Å². The van der Waals surface area contributed by atoms with Crippen molar-refractivity contribution < 1.29 is 9.59 Å². The summed E-state index contributed by atoms with van der Waals surface area (Å²) < 4.78 is 1.18. The molecule has 2 N–H and O–H groups in total. The molecule has 2 amide bonds. The predicted molar refractivity (Wildman–Crippen MR) is 133 cm³/mol. The van der Waals surface area contributed by atoms with Gasteiger partial charge in [-0.1, -0.05) is 37.1 Å². The minimum atomic E-state index is -0.384. The zero-order valence-corrected chi connectivity index (χ0v) is 19.8. The minimum Gasteiger partial charge on any atom is -0.382 e. The highest BCUT2D eigenvalue weighted by Crippen LogP contribution is 2.44. The summed E-state index contributed by atoms with van der Waals surface area (Å²) in [6.45, 7) is 0.506. The summed E-state index contributed by atoms with van der Waals surface area (Å²) in [7, 11) is 0. The number of fused-ring (bicyclic) bond motifs is 2. The number of hydrogen-bond acceptors (Lipinski definition) is 5. The number of aromatic nitrogens is 1. The molecule has 7 heteroatoms. The average molecular weight is 473 g/mol. The Morgan fingerprint density at radius 2 is 1.97 bits per heavy atom. The van der Waals surface area contributed by atoms with Gasteiger partial charge >= 0.3 is 0 Å². The summed E-state index contributed by atoms with van der Waals surface area (Å²) in [5.41, 5.74) is 3.65. The van der Waals surface area contributed by atoms with Gasteiger partial charge in [0.1, 0.15) is 0 Å². The zero-order valence-electron chi connectivity index (χ0n) is 19.0. The standard InChI is InChI=1S/C27H28N4O2S/c32-24(13-12-17-7-5-6-14-28-17)31-22-10-3-2-9-20(22)30-21-15-29-27(33)25(21)26(31)19-16-34-23-11-4-1-8-18(19)23/h1,4-8,11,14,16,20,22,26,30H,2-3,9-10,12-13,15H2,(H,29,33)/t20?,22?,26-/m1/s1. The van der Waals surface area contributed by atoms with E-state index in [1.165, 1.54) is 4.70 Å². The summed E-state index contributed by atoms with van der Waals surface area (Å²) in [4.78, 5) is 33.7. The Bertz CT molecular complexity index is 1270. The molecule has 4 heterocycles. The van der Waals surface area contributed by atoms with Gasteiger partial charge in [0.2, 0.25) is 5.91 Å². The molecule has 3 aliphatic rings. The van der Waals surface area contributed by atoms with E-state index < -0.39 is 0 Å². The van der Waals surface area contributed by atoms with Crippen LogP contribution in [0.1, 0.15) is 49.4 Å². The number of carbonyl (C=O) groups excluding carboxylic acids is 2. The Morgan fingerprint density at radius 1 is 1.12 bits per heavy atom. The topological polar surface area (TPSA) is 74.3 Å². The molecule has 174 valence electrons. The molecule has 1 aromatic carbocycles. The molecule has 6 rings (SSSR count). The molecule has 6 nitrogen and oxygen atoms in total. The molecule has 0 saturated heterocycles. The van der Waals surface area contributed by atoms with Crippen LogP contribution in [-0.4, -0.2) is 40.3 Å². The van der Waals surface area contributed by atoms with E-state index in [1.807, 2.05) is 30.3 Å². The highest BCUT2D eigenvalue weighted by atomic mass is 32.1. The Hall–Kier alpha value is -3.19. The maximum atomic E-state index is 14.0. The van der Waals surface area contributed by atoms with Crippen LogP contribution in [0.15, 0.2) is 65.3 Å². The van der Waals surface area contributed by atoms with Gasteiger partial charge in [-0.05, 0) is 53.8 Å². The van der Waals surface area contributed by atoms with Gasteiger partial charge in [0.05, 0.1) is 24.2 Å². The lowest BCUT2D eigenvalue weighted by Gasteiger charge is -2.42. The molecule has 0 bridgehead atoms. The molecule has 34 heavy (non-hydrogen) atoms. The van der Waals surface area contributed by atoms with Crippen LogP contribution < -0.4 is 10.6 Å². The summed E-state index contributed by atoms with van der Waals surface area (Å²) in [5, 5.41) is 10.00. The lowest BCUT2D eigenvalue weighted by Crippen LogP contribution is -2.53. The normalized spacial score (nSPS) is 24.3. The number of carbonyl (C=O) groups is 2. The smallest absolute Gasteiger partial charge is 0.251 e. The van der Waals surface area contributed by atoms with Gasteiger partial charge in [-0.3, -0.25) is 14.6 Å². The molecule has 3 aromatic rings. The van der Waals surface area contributed by atoms with Gasteiger partial charge in [-0.25, -0.2) is 0 Å². The van der Waals surface area contributed by atoms with Gasteiger partial charge in [-0.2, -0.15) is 0 Å². The quantitative estimate of drug-likeness (QED) is 0.600. The van der Waals surface area contributed by atoms with Crippen LogP contribution in [0.2, 0.25) is 0 Å². The second-order valence-corrected chi connectivity index (χ2v) is 10.3. The summed E-state index contributed by atoms with van der Waals surface area (Å²) in [6, 6.07) is 14.0. The first kappa shape index (κ1) is 21.4. The van der Waals surface area contributed by atoms with Gasteiger partial charge < -0.3 is 15.5 Å². The Morgan fingerprint density at radius 3 is 2.85 bits per heavy atom. The number of aryl methyl sites for hydroxylation is 1. The second-order valence-electron chi connectivity index (χ2n) is 9.39. The molecule has 1 fully saturated rings. The van der Waals surface area contributed by atoms with E-state index in [4.69, 9.17) is 0 Å². The number of pyridine rings is 1. The number of nitrogens with zero attached hydrogens (tertiary/aromatic N) is 2. The van der Waals surface area contributed by atoms with Crippen molar-refractivity contribution in [2.24, 2.45) is 0 Å². The Balaban J connectivity index is 1.46. The molecule has 3 atom stereocenters. The summed E-state index contributed by atoms with van der Waals surface area (Å²) in [5.74, 6) is 0.0297. The zero-order chi connectivity index (χ0) is 23.1. The highest BCUT2D eigenvalue weighted by Gasteiger charge is 2.46. The summed E-state index contributed by atoms with van der Waals surface area (Å²) >= 11 is 1.68. The Kier molecular flexibility index (Phi) is 5.57. The van der Waals surface area contributed by atoms with E-state index in [1.54, 1.807) is 17.5 Å². The highest BCUT2D eigenvalue weighted by molar-refractivity contribution is 7.17. The third kappa shape index (κ3) is 3.68. The second kappa shape index (κ2) is 8.87. The SMILES string of the molecule is O=C1NCC2=C1[C@@H](c1csc3ccccc13)N(C(=O)CCc1ccccn1)C1CCCCC1N2. The predicted octanol–water partition coefficient (Wildman–Crippen LogP) is 4.10. The van der Waals surface area contributed by atoms with Crippen molar-refractivity contribution in [3.63, 3.8) is 0 Å². The van der Waals surface area contributed by atoms with Gasteiger partial charge in [-0.15, -0.1) is 11.3 Å². The minimum absolute atomic E-state index is 0.0621. The monoisotopic (exact) mass is 472 g/mol. The molecular weight excluding hydrogens is 444 g/mol. The molecule has 1 aliphatic carbocycles. The summed E-state index contributed by atoms with van der Waals surface area (Å²) in [6.07, 6.45) is 6.94. The lowest BCUT2D eigenvalue weighted by molar-refractivity contribution is -0.137. The van der Waals surface area contributed by atoms with Crippen molar-refractivity contribution in [1.82, 2.24) is 20.5 Å². The average Bonchev–Trinajstić information content (AvgIpc) is 3.42. The number of benzene rings is 1. The van der Waals surface area contributed by atoms with E-state index in [9.17, 15) is 9.59 Å². The lowest BCUT2D eigenvalue weighted by atomic mass is 9.87. The molecular formula is C27H28N4O2S. The van der Waals surface area contributed by atoms with Crippen molar-refractivity contribution in [2.45, 2.75) is 56.7 Å². The van der Waals surface area contributed by atoms with Crippen molar-refractivity contribution in [1.29, 1.82) is 0 Å². The fourth-order valence-corrected chi connectivity index (χ4v) is 6.82. The number of nitrogens with one attached hydrogen (secondary N) is 2. The van der Waals surface area contributed by atoms with Crippen LogP contribution in [0.5, 0.6) is 0 Å². The molecule has 0 radical (unpaired) electrons. The first-order valence-corrected chi connectivity index (χ1v) is 13.0. The first-order chi connectivity index (χ1) is 16.7. The molecule has 2 unspecified atom stereocenters. The molecule has 2 aromatic heterocycles. The van der Waals surface area contributed by atoms with Crippen LogP contribution >= 0.6 is 11.3 Å².